The Morgan fingerprint density at radius 1 is 0.926 bits per heavy atom. The molecule has 142 valence electrons. The van der Waals surface area contributed by atoms with Gasteiger partial charge in [0.15, 0.2) is 6.61 Å². The zero-order chi connectivity index (χ0) is 19.8. The van der Waals surface area contributed by atoms with Gasteiger partial charge in [-0.2, -0.15) is 5.10 Å². The van der Waals surface area contributed by atoms with E-state index in [4.69, 9.17) is 4.74 Å². The van der Waals surface area contributed by atoms with Gasteiger partial charge >= 0.3 is 0 Å². The maximum atomic E-state index is 12.1. The molecule has 2 rings (SSSR count). The molecule has 0 unspecified atom stereocenters. The van der Waals surface area contributed by atoms with Gasteiger partial charge in [0.2, 0.25) is 5.91 Å². The number of hydrogen-bond donors (Lipinski definition) is 2. The predicted molar refractivity (Wildman–Crippen MR) is 107 cm³/mol. The fraction of sp³-hybridized carbons (Fsp3) is 0.286. The van der Waals surface area contributed by atoms with Crippen LogP contribution in [0.3, 0.4) is 0 Å². The van der Waals surface area contributed by atoms with Gasteiger partial charge in [0.05, 0.1) is 6.42 Å². The van der Waals surface area contributed by atoms with E-state index in [0.717, 1.165) is 22.4 Å². The number of aryl methyl sites for hydroxylation is 3. The van der Waals surface area contributed by atoms with Gasteiger partial charge in [-0.25, -0.2) is 5.43 Å². The van der Waals surface area contributed by atoms with E-state index in [1.165, 1.54) is 0 Å². The molecule has 2 aromatic rings. The molecule has 0 aliphatic heterocycles. The predicted octanol–water partition coefficient (Wildman–Crippen LogP) is 3.51. The normalized spacial score (nSPS) is 11.0. The minimum Gasteiger partial charge on any atom is -0.484 e. The molecular formula is C21H25N3O3. The Morgan fingerprint density at radius 3 is 2.19 bits per heavy atom. The molecule has 0 radical (unpaired) electrons. The highest BCUT2D eigenvalue weighted by Gasteiger charge is 2.07. The third-order valence-corrected chi connectivity index (χ3v) is 3.68. The standard InChI is InChI=1S/C21H25N3O3/c1-14-5-7-19(8-6-14)27-13-21(26)24-23-17(4)12-20(25)22-18-10-15(2)9-16(3)11-18/h5-11H,12-13H2,1-4H3,(H,22,25)(H,24,26). The highest BCUT2D eigenvalue weighted by Crippen LogP contribution is 2.14. The SMILES string of the molecule is CC(CC(=O)Nc1cc(C)cc(C)c1)=NNC(=O)COc1ccc(C)cc1. The van der Waals surface area contributed by atoms with Crippen molar-refractivity contribution in [2.75, 3.05) is 11.9 Å². The number of benzene rings is 2. The average Bonchev–Trinajstić information content (AvgIpc) is 2.58. The van der Waals surface area contributed by atoms with E-state index in [1.807, 2.05) is 51.1 Å². The second kappa shape index (κ2) is 9.52. The third kappa shape index (κ3) is 7.32. The first kappa shape index (κ1) is 20.2. The van der Waals surface area contributed by atoms with E-state index in [-0.39, 0.29) is 24.8 Å². The van der Waals surface area contributed by atoms with E-state index < -0.39 is 0 Å². The lowest BCUT2D eigenvalue weighted by Crippen LogP contribution is -2.26. The fourth-order valence-corrected chi connectivity index (χ4v) is 2.50. The summed E-state index contributed by atoms with van der Waals surface area (Å²) >= 11 is 0. The molecule has 27 heavy (non-hydrogen) atoms. The van der Waals surface area contributed by atoms with E-state index in [0.29, 0.717) is 11.5 Å². The Labute approximate surface area is 159 Å². The van der Waals surface area contributed by atoms with Crippen LogP contribution < -0.4 is 15.5 Å². The highest BCUT2D eigenvalue weighted by atomic mass is 16.5. The van der Waals surface area contributed by atoms with Gasteiger partial charge in [0.25, 0.3) is 5.91 Å². The lowest BCUT2D eigenvalue weighted by molar-refractivity contribution is -0.123. The molecule has 0 saturated carbocycles. The molecular weight excluding hydrogens is 342 g/mol. The van der Waals surface area contributed by atoms with Gasteiger partial charge in [0, 0.05) is 11.4 Å². The van der Waals surface area contributed by atoms with Crippen LogP contribution in [0, 0.1) is 20.8 Å². The van der Waals surface area contributed by atoms with Crippen molar-refractivity contribution >= 4 is 23.2 Å². The number of anilines is 1. The molecule has 0 aliphatic carbocycles. The molecule has 6 nitrogen and oxygen atoms in total. The summed E-state index contributed by atoms with van der Waals surface area (Å²) < 4.78 is 5.38. The summed E-state index contributed by atoms with van der Waals surface area (Å²) in [6.45, 7) is 7.47. The number of amides is 2. The highest BCUT2D eigenvalue weighted by molar-refractivity contribution is 6.05. The first-order valence-corrected chi connectivity index (χ1v) is 8.71. The molecule has 0 saturated heterocycles. The van der Waals surface area contributed by atoms with Crippen molar-refractivity contribution in [1.29, 1.82) is 0 Å². The number of hydrazone groups is 1. The molecule has 2 aromatic carbocycles. The van der Waals surface area contributed by atoms with Crippen LogP contribution in [0.4, 0.5) is 5.69 Å². The monoisotopic (exact) mass is 367 g/mol. The first-order chi connectivity index (χ1) is 12.8. The quantitative estimate of drug-likeness (QED) is 0.580. The van der Waals surface area contributed by atoms with E-state index in [2.05, 4.69) is 15.8 Å². The summed E-state index contributed by atoms with van der Waals surface area (Å²) in [5, 5.41) is 6.78. The number of ether oxygens (including phenoxy) is 1. The van der Waals surface area contributed by atoms with Crippen molar-refractivity contribution in [2.24, 2.45) is 5.10 Å². The minimum absolute atomic E-state index is 0.0894. The Hall–Kier alpha value is -3.15. The molecule has 0 spiro atoms. The van der Waals surface area contributed by atoms with E-state index in [9.17, 15) is 9.59 Å². The van der Waals surface area contributed by atoms with Crippen LogP contribution in [0.25, 0.3) is 0 Å². The van der Waals surface area contributed by atoms with Crippen molar-refractivity contribution in [3.05, 3.63) is 59.2 Å². The summed E-state index contributed by atoms with van der Waals surface area (Å²) in [7, 11) is 0. The molecule has 2 amide bonds. The molecule has 0 aromatic heterocycles. The van der Waals surface area contributed by atoms with Crippen molar-refractivity contribution in [3.63, 3.8) is 0 Å². The number of carbonyl (C=O) groups excluding carboxylic acids is 2. The summed E-state index contributed by atoms with van der Waals surface area (Å²) in [4.78, 5) is 23.9. The lowest BCUT2D eigenvalue weighted by Gasteiger charge is -2.08. The number of rotatable bonds is 7. The molecule has 0 heterocycles. The Morgan fingerprint density at radius 2 is 1.56 bits per heavy atom. The molecule has 0 fully saturated rings. The third-order valence-electron chi connectivity index (χ3n) is 3.68. The van der Waals surface area contributed by atoms with Crippen molar-refractivity contribution < 1.29 is 14.3 Å². The maximum Gasteiger partial charge on any atom is 0.277 e. The largest absolute Gasteiger partial charge is 0.484 e. The minimum atomic E-state index is -0.385. The smallest absolute Gasteiger partial charge is 0.277 e. The van der Waals surface area contributed by atoms with E-state index >= 15 is 0 Å². The van der Waals surface area contributed by atoms with Gasteiger partial charge < -0.3 is 10.1 Å². The van der Waals surface area contributed by atoms with Crippen molar-refractivity contribution in [1.82, 2.24) is 5.43 Å². The molecule has 0 atom stereocenters. The Bertz CT molecular complexity index is 822. The fourth-order valence-electron chi connectivity index (χ4n) is 2.50. The second-order valence-electron chi connectivity index (χ2n) is 6.59. The molecule has 2 N–H and O–H groups in total. The van der Waals surface area contributed by atoms with Crippen molar-refractivity contribution in [2.45, 2.75) is 34.1 Å². The zero-order valence-electron chi connectivity index (χ0n) is 16.1. The van der Waals surface area contributed by atoms with Crippen LogP contribution in [-0.2, 0) is 9.59 Å². The van der Waals surface area contributed by atoms with E-state index in [1.54, 1.807) is 19.1 Å². The Kier molecular flexibility index (Phi) is 7.11. The van der Waals surface area contributed by atoms with Gasteiger partial charge in [-0.3, -0.25) is 9.59 Å². The topological polar surface area (TPSA) is 79.8 Å². The summed E-state index contributed by atoms with van der Waals surface area (Å²) in [5.74, 6) is 0.0420. The van der Waals surface area contributed by atoms with Gasteiger partial charge in [-0.1, -0.05) is 23.8 Å². The average molecular weight is 367 g/mol. The number of carbonyl (C=O) groups is 2. The molecule has 6 heteroatoms. The van der Waals surface area contributed by atoms with Crippen LogP contribution in [0.2, 0.25) is 0 Å². The summed E-state index contributed by atoms with van der Waals surface area (Å²) in [5.41, 5.74) is 6.92. The number of hydrogen-bond acceptors (Lipinski definition) is 4. The van der Waals surface area contributed by atoms with Crippen LogP contribution in [0.5, 0.6) is 5.75 Å². The Balaban J connectivity index is 1.77. The van der Waals surface area contributed by atoms with Crippen LogP contribution in [0.15, 0.2) is 47.6 Å². The second-order valence-corrected chi connectivity index (χ2v) is 6.59. The van der Waals surface area contributed by atoms with Gasteiger partial charge in [0.1, 0.15) is 5.75 Å². The summed E-state index contributed by atoms with van der Waals surface area (Å²) in [6.07, 6.45) is 0.0894. The number of nitrogens with zero attached hydrogens (tertiary/aromatic N) is 1. The van der Waals surface area contributed by atoms with Crippen LogP contribution >= 0.6 is 0 Å². The van der Waals surface area contributed by atoms with Gasteiger partial charge in [-0.05, 0) is 63.1 Å². The van der Waals surface area contributed by atoms with Crippen LogP contribution in [-0.4, -0.2) is 24.1 Å². The van der Waals surface area contributed by atoms with Gasteiger partial charge in [-0.15, -0.1) is 0 Å². The number of nitrogens with one attached hydrogen (secondary N) is 2. The van der Waals surface area contributed by atoms with Crippen LogP contribution in [0.1, 0.15) is 30.0 Å². The molecule has 0 aliphatic rings. The lowest BCUT2D eigenvalue weighted by atomic mass is 10.1. The molecule has 0 bridgehead atoms. The van der Waals surface area contributed by atoms with Crippen molar-refractivity contribution in [3.8, 4) is 5.75 Å². The first-order valence-electron chi connectivity index (χ1n) is 8.71. The summed E-state index contributed by atoms with van der Waals surface area (Å²) in [6, 6.07) is 13.3. The maximum absolute atomic E-state index is 12.1. The zero-order valence-corrected chi connectivity index (χ0v) is 16.1.